The molecule has 0 aliphatic heterocycles. The van der Waals surface area contributed by atoms with Gasteiger partial charge in [-0.15, -0.1) is 0 Å². The molecule has 0 aliphatic rings. The van der Waals surface area contributed by atoms with Crippen molar-refractivity contribution in [3.8, 4) is 28.4 Å². The molecule has 41 heavy (non-hydrogen) atoms. The standard InChI is InChI=1S/C24H32N4O6.C2HF3O2/c1-26-23-18-6-5-16(13-19(18)27-24(25)28-23)22-20(33-11-8-30-3)14-17(32-10-7-29-2)15-21(22)34-12-9-31-4;3-2(4,5)1(6)7/h5-6,13-15H,7-12H2,1-4H3,(H3,25,26,27,28);(H,6,7). The van der Waals surface area contributed by atoms with Crippen molar-refractivity contribution in [2.24, 2.45) is 0 Å². The minimum atomic E-state index is -5.08. The number of nitrogens with two attached hydrogens (primary N) is 1. The van der Waals surface area contributed by atoms with Gasteiger partial charge in [0.05, 0.1) is 30.9 Å². The van der Waals surface area contributed by atoms with Crippen LogP contribution in [-0.4, -0.2) is 95.2 Å². The molecule has 0 amide bonds. The summed E-state index contributed by atoms with van der Waals surface area (Å²) in [6, 6.07) is 9.51. The smallest absolute Gasteiger partial charge is 0.490 e. The molecule has 1 heterocycles. The first-order chi connectivity index (χ1) is 19.5. The highest BCUT2D eigenvalue weighted by Crippen LogP contribution is 2.43. The summed E-state index contributed by atoms with van der Waals surface area (Å²) in [6.07, 6.45) is -5.08. The highest BCUT2D eigenvalue weighted by Gasteiger charge is 2.38. The van der Waals surface area contributed by atoms with Crippen molar-refractivity contribution >= 4 is 28.6 Å². The summed E-state index contributed by atoms with van der Waals surface area (Å²) in [5.74, 6) is -0.129. The molecule has 0 fully saturated rings. The first-order valence-electron chi connectivity index (χ1n) is 12.1. The van der Waals surface area contributed by atoms with Crippen LogP contribution in [0.25, 0.3) is 22.0 Å². The summed E-state index contributed by atoms with van der Waals surface area (Å²) in [5, 5.41) is 11.0. The van der Waals surface area contributed by atoms with Gasteiger partial charge in [0.2, 0.25) is 5.95 Å². The molecular formula is C26H33F3N4O8. The van der Waals surface area contributed by atoms with Gasteiger partial charge in [0, 0.05) is 45.9 Å². The summed E-state index contributed by atoms with van der Waals surface area (Å²) >= 11 is 0. The maximum atomic E-state index is 10.6. The molecule has 0 bridgehead atoms. The number of hydrogen-bond acceptors (Lipinski definition) is 11. The number of nitrogen functional groups attached to an aromatic ring is 1. The van der Waals surface area contributed by atoms with Crippen LogP contribution in [0.3, 0.4) is 0 Å². The van der Waals surface area contributed by atoms with Crippen molar-refractivity contribution in [3.63, 3.8) is 0 Å². The van der Waals surface area contributed by atoms with E-state index in [0.29, 0.717) is 68.2 Å². The summed E-state index contributed by atoms with van der Waals surface area (Å²) in [7, 11) is 6.67. The second-order valence-electron chi connectivity index (χ2n) is 8.03. The first kappa shape index (κ1) is 33.1. The Bertz CT molecular complexity index is 1250. The molecule has 0 atom stereocenters. The van der Waals surface area contributed by atoms with E-state index in [-0.39, 0.29) is 5.95 Å². The Morgan fingerprint density at radius 3 is 1.85 bits per heavy atom. The van der Waals surface area contributed by atoms with Gasteiger partial charge < -0.3 is 44.6 Å². The molecule has 0 spiro atoms. The molecule has 1 aromatic heterocycles. The van der Waals surface area contributed by atoms with E-state index < -0.39 is 12.1 Å². The number of nitrogens with zero attached hydrogens (tertiary/aromatic N) is 2. The fourth-order valence-electron chi connectivity index (χ4n) is 3.37. The van der Waals surface area contributed by atoms with E-state index in [1.807, 2.05) is 30.3 Å². The summed E-state index contributed by atoms with van der Waals surface area (Å²) in [6.45, 7) is 2.43. The van der Waals surface area contributed by atoms with E-state index in [9.17, 15) is 13.2 Å². The van der Waals surface area contributed by atoms with E-state index in [1.54, 1.807) is 28.4 Å². The number of aromatic nitrogens is 2. The van der Waals surface area contributed by atoms with Gasteiger partial charge in [-0.05, 0) is 17.7 Å². The zero-order valence-corrected chi connectivity index (χ0v) is 23.0. The third kappa shape index (κ3) is 10.1. The normalized spacial score (nSPS) is 11.0. The lowest BCUT2D eigenvalue weighted by atomic mass is 10.0. The van der Waals surface area contributed by atoms with Gasteiger partial charge >= 0.3 is 12.1 Å². The average molecular weight is 587 g/mol. The van der Waals surface area contributed by atoms with Crippen LogP contribution in [0.4, 0.5) is 24.9 Å². The zero-order chi connectivity index (χ0) is 30.4. The number of hydrogen-bond donors (Lipinski definition) is 3. The summed E-state index contributed by atoms with van der Waals surface area (Å²) < 4.78 is 65.2. The third-order valence-corrected chi connectivity index (χ3v) is 5.17. The number of alkyl halides is 3. The van der Waals surface area contributed by atoms with Gasteiger partial charge in [0.1, 0.15) is 42.9 Å². The number of nitrogens with one attached hydrogen (secondary N) is 1. The number of benzene rings is 2. The average Bonchev–Trinajstić information content (AvgIpc) is 2.92. The summed E-state index contributed by atoms with van der Waals surface area (Å²) in [4.78, 5) is 17.6. The van der Waals surface area contributed by atoms with E-state index in [0.717, 1.165) is 16.5 Å². The SMILES string of the molecule is CNc1nc(N)nc2cc(-c3c(OCCOC)cc(OCCOC)cc3OCCOC)ccc12.O=C(O)C(F)(F)F. The molecule has 2 aromatic carbocycles. The fourth-order valence-corrected chi connectivity index (χ4v) is 3.37. The van der Waals surface area contributed by atoms with Crippen LogP contribution in [0.2, 0.25) is 0 Å². The Balaban J connectivity index is 0.000000745. The largest absolute Gasteiger partial charge is 0.491 e. The molecule has 0 saturated carbocycles. The second-order valence-corrected chi connectivity index (χ2v) is 8.03. The molecule has 15 heteroatoms. The van der Waals surface area contributed by atoms with Crippen molar-refractivity contribution in [1.29, 1.82) is 0 Å². The molecule has 0 radical (unpaired) electrons. The van der Waals surface area contributed by atoms with Crippen molar-refractivity contribution in [2.75, 3.05) is 79.1 Å². The number of aliphatic carboxylic acids is 1. The van der Waals surface area contributed by atoms with Gasteiger partial charge in [-0.2, -0.15) is 18.2 Å². The fraction of sp³-hybridized carbons (Fsp3) is 0.423. The van der Waals surface area contributed by atoms with E-state index >= 15 is 0 Å². The molecule has 3 rings (SSSR count). The lowest BCUT2D eigenvalue weighted by Crippen LogP contribution is -2.21. The number of fused-ring (bicyclic) bond motifs is 1. The molecule has 226 valence electrons. The van der Waals surface area contributed by atoms with E-state index in [2.05, 4.69) is 15.3 Å². The minimum absolute atomic E-state index is 0.184. The minimum Gasteiger partial charge on any atom is -0.491 e. The Kier molecular flexibility index (Phi) is 13.1. The molecule has 0 unspecified atom stereocenters. The van der Waals surface area contributed by atoms with Gasteiger partial charge in [-0.25, -0.2) is 9.78 Å². The lowest BCUT2D eigenvalue weighted by Gasteiger charge is -2.19. The van der Waals surface area contributed by atoms with Crippen molar-refractivity contribution < 1.29 is 51.5 Å². The molecule has 4 N–H and O–H groups in total. The van der Waals surface area contributed by atoms with Crippen LogP contribution >= 0.6 is 0 Å². The molecule has 3 aromatic rings. The van der Waals surface area contributed by atoms with Gasteiger partial charge in [-0.1, -0.05) is 6.07 Å². The molecular weight excluding hydrogens is 553 g/mol. The monoisotopic (exact) mass is 586 g/mol. The predicted octanol–water partition coefficient (Wildman–Crippen LogP) is 3.63. The first-order valence-corrected chi connectivity index (χ1v) is 12.1. The number of rotatable bonds is 14. The number of methoxy groups -OCH3 is 3. The molecule has 0 aliphatic carbocycles. The van der Waals surface area contributed by atoms with Crippen molar-refractivity contribution in [2.45, 2.75) is 6.18 Å². The molecule has 0 saturated heterocycles. The number of carbonyl (C=O) groups is 1. The van der Waals surface area contributed by atoms with Crippen LogP contribution < -0.4 is 25.3 Å². The number of carboxylic acid groups (broad SMARTS) is 1. The highest BCUT2D eigenvalue weighted by atomic mass is 19.4. The van der Waals surface area contributed by atoms with Crippen molar-refractivity contribution in [1.82, 2.24) is 9.97 Å². The van der Waals surface area contributed by atoms with Crippen LogP contribution in [0.15, 0.2) is 30.3 Å². The number of ether oxygens (including phenoxy) is 6. The van der Waals surface area contributed by atoms with E-state index in [4.69, 9.17) is 44.1 Å². The topological polar surface area (TPSA) is 157 Å². The quantitative estimate of drug-likeness (QED) is 0.236. The zero-order valence-electron chi connectivity index (χ0n) is 23.0. The third-order valence-electron chi connectivity index (χ3n) is 5.17. The van der Waals surface area contributed by atoms with Gasteiger partial charge in [0.15, 0.2) is 0 Å². The van der Waals surface area contributed by atoms with Gasteiger partial charge in [-0.3, -0.25) is 0 Å². The van der Waals surface area contributed by atoms with Crippen LogP contribution in [0, 0.1) is 0 Å². The second kappa shape index (κ2) is 16.2. The Morgan fingerprint density at radius 1 is 0.878 bits per heavy atom. The van der Waals surface area contributed by atoms with Crippen LogP contribution in [0.1, 0.15) is 0 Å². The van der Waals surface area contributed by atoms with Crippen LogP contribution in [-0.2, 0) is 19.0 Å². The maximum absolute atomic E-state index is 10.6. The Morgan fingerprint density at radius 2 is 1.39 bits per heavy atom. The number of carboxylic acids is 1. The van der Waals surface area contributed by atoms with E-state index in [1.165, 1.54) is 0 Å². The number of halogens is 3. The lowest BCUT2D eigenvalue weighted by molar-refractivity contribution is -0.192. The Labute approximate surface area is 234 Å². The maximum Gasteiger partial charge on any atom is 0.490 e. The molecule has 12 nitrogen and oxygen atoms in total. The summed E-state index contributed by atoms with van der Waals surface area (Å²) in [5.41, 5.74) is 8.22. The van der Waals surface area contributed by atoms with Crippen molar-refractivity contribution in [3.05, 3.63) is 30.3 Å². The van der Waals surface area contributed by atoms with Crippen LogP contribution in [0.5, 0.6) is 17.2 Å². The highest BCUT2D eigenvalue weighted by molar-refractivity contribution is 5.94. The predicted molar refractivity (Wildman–Crippen MR) is 145 cm³/mol. The number of anilines is 2. The van der Waals surface area contributed by atoms with Gasteiger partial charge in [0.25, 0.3) is 0 Å². The Hall–Kier alpha value is -4.08.